The van der Waals surface area contributed by atoms with E-state index >= 15 is 0 Å². The molecule has 126 valence electrons. The van der Waals surface area contributed by atoms with Crippen LogP contribution in [0.25, 0.3) is 0 Å². The minimum Gasteiger partial charge on any atom is -0.396 e. The van der Waals surface area contributed by atoms with Crippen LogP contribution in [0, 0.1) is 22.7 Å². The highest BCUT2D eigenvalue weighted by Crippen LogP contribution is 2.61. The molecule has 2 aliphatic carbocycles. The summed E-state index contributed by atoms with van der Waals surface area (Å²) in [5.74, 6) is 1.16. The van der Waals surface area contributed by atoms with E-state index in [0.29, 0.717) is 18.4 Å². The zero-order chi connectivity index (χ0) is 16.4. The fourth-order valence-corrected chi connectivity index (χ4v) is 5.44. The predicted molar refractivity (Wildman–Crippen MR) is 92.6 cm³/mol. The Hall–Kier alpha value is -0.600. The van der Waals surface area contributed by atoms with Gasteiger partial charge in [-0.1, -0.05) is 44.1 Å². The Labute approximate surface area is 136 Å². The normalized spacial score (nSPS) is 39.7. The van der Waals surface area contributed by atoms with Crippen LogP contribution in [0.2, 0.25) is 0 Å². The Kier molecular flexibility index (Phi) is 5.55. The van der Waals surface area contributed by atoms with Crippen LogP contribution in [-0.2, 0) is 0 Å². The number of hydrogen-bond donors (Lipinski definition) is 2. The highest BCUT2D eigenvalue weighted by molar-refractivity contribution is 5.17. The van der Waals surface area contributed by atoms with Crippen LogP contribution in [-0.4, -0.2) is 23.4 Å². The quantitative estimate of drug-likeness (QED) is 0.735. The maximum atomic E-state index is 9.98. The first-order valence-corrected chi connectivity index (χ1v) is 8.92. The van der Waals surface area contributed by atoms with Gasteiger partial charge in [0, 0.05) is 6.61 Å². The zero-order valence-electron chi connectivity index (χ0n) is 14.7. The van der Waals surface area contributed by atoms with E-state index in [0.717, 1.165) is 25.7 Å². The summed E-state index contributed by atoms with van der Waals surface area (Å²) in [5.41, 5.74) is 3.06. The van der Waals surface area contributed by atoms with Crippen molar-refractivity contribution in [3.05, 3.63) is 23.8 Å². The summed E-state index contributed by atoms with van der Waals surface area (Å²) >= 11 is 0. The van der Waals surface area contributed by atoms with E-state index in [-0.39, 0.29) is 17.4 Å². The van der Waals surface area contributed by atoms with Gasteiger partial charge in [-0.25, -0.2) is 0 Å². The number of rotatable bonds is 5. The van der Waals surface area contributed by atoms with Gasteiger partial charge in [-0.05, 0) is 68.1 Å². The Morgan fingerprint density at radius 3 is 2.68 bits per heavy atom. The molecule has 2 fully saturated rings. The number of hydrogen-bond acceptors (Lipinski definition) is 2. The van der Waals surface area contributed by atoms with E-state index < -0.39 is 0 Å². The van der Waals surface area contributed by atoms with Crippen LogP contribution in [0.3, 0.4) is 0 Å². The molecule has 2 saturated carbocycles. The average molecular weight is 306 g/mol. The number of aliphatic hydroxyl groups is 2. The molecule has 2 rings (SSSR count). The molecule has 0 heterocycles. The van der Waals surface area contributed by atoms with Gasteiger partial charge >= 0.3 is 0 Å². The number of allylic oxidation sites excluding steroid dienone is 2. The maximum absolute atomic E-state index is 9.98. The molecule has 0 aromatic heterocycles. The van der Waals surface area contributed by atoms with Crippen molar-refractivity contribution in [3.8, 4) is 0 Å². The first-order valence-electron chi connectivity index (χ1n) is 8.92. The van der Waals surface area contributed by atoms with Gasteiger partial charge in [-0.3, -0.25) is 0 Å². The number of aliphatic hydroxyl groups excluding tert-OH is 2. The lowest BCUT2D eigenvalue weighted by molar-refractivity contribution is -0.0858. The van der Waals surface area contributed by atoms with Gasteiger partial charge in [0.25, 0.3) is 0 Å². The Morgan fingerprint density at radius 1 is 1.32 bits per heavy atom. The molecular weight excluding hydrogens is 272 g/mol. The Bertz CT molecular complexity index is 439. The predicted octanol–water partition coefficient (Wildman–Crippen LogP) is 4.48. The van der Waals surface area contributed by atoms with E-state index in [4.69, 9.17) is 5.11 Å². The molecule has 0 amide bonds. The molecule has 0 bridgehead atoms. The topological polar surface area (TPSA) is 40.5 Å². The fourth-order valence-electron chi connectivity index (χ4n) is 5.44. The molecule has 2 nitrogen and oxygen atoms in total. The monoisotopic (exact) mass is 306 g/mol. The van der Waals surface area contributed by atoms with E-state index in [1.807, 2.05) is 6.08 Å². The van der Waals surface area contributed by atoms with Crippen molar-refractivity contribution in [3.63, 3.8) is 0 Å². The van der Waals surface area contributed by atoms with Crippen LogP contribution >= 0.6 is 0 Å². The third-order valence-corrected chi connectivity index (χ3v) is 6.77. The van der Waals surface area contributed by atoms with Gasteiger partial charge in [0.15, 0.2) is 0 Å². The first kappa shape index (κ1) is 17.7. The van der Waals surface area contributed by atoms with Gasteiger partial charge in [-0.15, -0.1) is 0 Å². The third kappa shape index (κ3) is 3.19. The fraction of sp³-hybridized carbons (Fsp3) is 0.800. The first-order chi connectivity index (χ1) is 10.4. The lowest BCUT2D eigenvalue weighted by Gasteiger charge is -2.58. The largest absolute Gasteiger partial charge is 0.396 e. The zero-order valence-corrected chi connectivity index (χ0v) is 14.7. The van der Waals surface area contributed by atoms with Crippen LogP contribution in [0.1, 0.15) is 65.7 Å². The van der Waals surface area contributed by atoms with Gasteiger partial charge in [0.2, 0.25) is 0 Å². The van der Waals surface area contributed by atoms with Crippen LogP contribution in [0.4, 0.5) is 0 Å². The van der Waals surface area contributed by atoms with Crippen molar-refractivity contribution in [1.29, 1.82) is 0 Å². The highest BCUT2D eigenvalue weighted by Gasteiger charge is 2.53. The van der Waals surface area contributed by atoms with Crippen LogP contribution in [0.5, 0.6) is 0 Å². The molecular formula is C20H34O2. The van der Waals surface area contributed by atoms with Crippen LogP contribution < -0.4 is 0 Å². The van der Waals surface area contributed by atoms with Crippen molar-refractivity contribution in [1.82, 2.24) is 0 Å². The summed E-state index contributed by atoms with van der Waals surface area (Å²) in [7, 11) is 0. The minimum atomic E-state index is 0.0853. The summed E-state index contributed by atoms with van der Waals surface area (Å²) < 4.78 is 0. The van der Waals surface area contributed by atoms with Gasteiger partial charge in [-0.2, -0.15) is 0 Å². The molecule has 4 atom stereocenters. The Morgan fingerprint density at radius 2 is 2.05 bits per heavy atom. The van der Waals surface area contributed by atoms with Crippen molar-refractivity contribution in [2.45, 2.75) is 65.7 Å². The molecule has 1 unspecified atom stereocenters. The summed E-state index contributed by atoms with van der Waals surface area (Å²) in [5, 5.41) is 19.0. The van der Waals surface area contributed by atoms with E-state index in [9.17, 15) is 5.11 Å². The molecule has 0 aromatic carbocycles. The lowest BCUT2D eigenvalue weighted by atomic mass is 9.47. The van der Waals surface area contributed by atoms with Gasteiger partial charge in [0.1, 0.15) is 0 Å². The van der Waals surface area contributed by atoms with Crippen molar-refractivity contribution in [2.24, 2.45) is 22.7 Å². The summed E-state index contributed by atoms with van der Waals surface area (Å²) in [6.07, 6.45) is 10.0. The molecule has 22 heavy (non-hydrogen) atoms. The molecule has 0 aromatic rings. The van der Waals surface area contributed by atoms with E-state index in [2.05, 4.69) is 27.4 Å². The van der Waals surface area contributed by atoms with Gasteiger partial charge < -0.3 is 10.2 Å². The van der Waals surface area contributed by atoms with E-state index in [1.165, 1.54) is 30.4 Å². The standard InChI is InChI=1S/C20H34O2/c1-15(10-13-21)6-8-17-16(2)7-9-18-19(3,14-22)11-5-12-20(17,18)4/h10,17-18,21-22H,2,5-9,11-14H2,1,3-4H3/b15-10+/t17-,18?,19-,20-/m1/s1. The summed E-state index contributed by atoms with van der Waals surface area (Å²) in [6.45, 7) is 11.7. The van der Waals surface area contributed by atoms with Gasteiger partial charge in [0.05, 0.1) is 6.61 Å². The summed E-state index contributed by atoms with van der Waals surface area (Å²) in [6, 6.07) is 0. The van der Waals surface area contributed by atoms with Crippen LogP contribution in [0.15, 0.2) is 23.8 Å². The highest BCUT2D eigenvalue weighted by atomic mass is 16.3. The average Bonchev–Trinajstić information content (AvgIpc) is 2.46. The third-order valence-electron chi connectivity index (χ3n) is 6.77. The molecule has 0 spiro atoms. The smallest absolute Gasteiger partial charge is 0.0614 e. The second-order valence-corrected chi connectivity index (χ2v) is 8.25. The lowest BCUT2D eigenvalue weighted by Crippen LogP contribution is -2.51. The molecule has 2 aliphatic rings. The second-order valence-electron chi connectivity index (χ2n) is 8.25. The Balaban J connectivity index is 2.20. The van der Waals surface area contributed by atoms with Crippen molar-refractivity contribution < 1.29 is 10.2 Å². The second kappa shape index (κ2) is 6.88. The summed E-state index contributed by atoms with van der Waals surface area (Å²) in [4.78, 5) is 0. The number of fused-ring (bicyclic) bond motifs is 1. The molecule has 0 saturated heterocycles. The minimum absolute atomic E-state index is 0.0853. The maximum Gasteiger partial charge on any atom is 0.0614 e. The molecule has 2 N–H and O–H groups in total. The van der Waals surface area contributed by atoms with E-state index in [1.54, 1.807) is 0 Å². The molecule has 0 radical (unpaired) electrons. The van der Waals surface area contributed by atoms with Crippen molar-refractivity contribution in [2.75, 3.05) is 13.2 Å². The molecule has 0 aliphatic heterocycles. The SMILES string of the molecule is C=C1CCC2[C@@](C)(CO)CCC[C@]2(C)[C@@H]1CC/C(C)=C/CO. The van der Waals surface area contributed by atoms with Crippen molar-refractivity contribution >= 4 is 0 Å². The molecule has 2 heteroatoms.